The highest BCUT2D eigenvalue weighted by Crippen LogP contribution is 2.35. The van der Waals surface area contributed by atoms with Crippen molar-refractivity contribution in [3.05, 3.63) is 18.3 Å². The minimum Gasteiger partial charge on any atom is -0.480 e. The molecule has 0 spiro atoms. The fraction of sp³-hybridized carbons (Fsp3) is 0.667. The Morgan fingerprint density at radius 1 is 1.32 bits per heavy atom. The third kappa shape index (κ3) is 2.68. The summed E-state index contributed by atoms with van der Waals surface area (Å²) in [7, 11) is 1.68. The van der Waals surface area contributed by atoms with Crippen LogP contribution in [0.5, 0.6) is 5.88 Å². The van der Waals surface area contributed by atoms with Gasteiger partial charge in [-0.3, -0.25) is 0 Å². The van der Waals surface area contributed by atoms with Crippen molar-refractivity contribution in [2.45, 2.75) is 44.2 Å². The zero-order valence-corrected chi connectivity index (χ0v) is 11.6. The molecule has 1 aromatic rings. The molecular weight excluding hydrogens is 238 g/mol. The van der Waals surface area contributed by atoms with Crippen LogP contribution in [0.15, 0.2) is 18.3 Å². The smallest absolute Gasteiger partial charge is 0.237 e. The van der Waals surface area contributed by atoms with Crippen molar-refractivity contribution >= 4 is 5.69 Å². The van der Waals surface area contributed by atoms with Crippen molar-refractivity contribution in [3.8, 4) is 5.88 Å². The number of aromatic nitrogens is 1. The molecule has 0 radical (unpaired) electrons. The van der Waals surface area contributed by atoms with Gasteiger partial charge in [0.1, 0.15) is 0 Å². The number of hydrogen-bond acceptors (Lipinski definition) is 4. The summed E-state index contributed by atoms with van der Waals surface area (Å²) in [4.78, 5) is 4.26. The van der Waals surface area contributed by atoms with E-state index in [4.69, 9.17) is 4.74 Å². The Kier molecular flexibility index (Phi) is 3.87. The van der Waals surface area contributed by atoms with E-state index in [-0.39, 0.29) is 0 Å². The molecule has 0 bridgehead atoms. The third-order valence-electron chi connectivity index (χ3n) is 4.49. The van der Waals surface area contributed by atoms with Crippen LogP contribution < -0.4 is 15.4 Å². The molecule has 1 saturated heterocycles. The summed E-state index contributed by atoms with van der Waals surface area (Å²) in [6.45, 7) is 1.18. The summed E-state index contributed by atoms with van der Waals surface area (Å²) >= 11 is 0. The molecule has 2 fully saturated rings. The highest BCUT2D eigenvalue weighted by molar-refractivity contribution is 5.53. The molecule has 3 unspecified atom stereocenters. The molecular formula is C15H23N3O. The van der Waals surface area contributed by atoms with Gasteiger partial charge in [-0.05, 0) is 50.3 Å². The summed E-state index contributed by atoms with van der Waals surface area (Å²) in [5.41, 5.74) is 1.03. The first-order chi connectivity index (χ1) is 9.38. The second-order valence-electron chi connectivity index (χ2n) is 5.61. The number of hydrogen-bond donors (Lipinski definition) is 2. The van der Waals surface area contributed by atoms with E-state index >= 15 is 0 Å². The summed E-state index contributed by atoms with van der Waals surface area (Å²) in [6, 6.07) is 5.27. The number of nitrogens with zero attached hydrogens (tertiary/aromatic N) is 1. The van der Waals surface area contributed by atoms with E-state index in [1.165, 1.54) is 38.6 Å². The van der Waals surface area contributed by atoms with E-state index in [0.29, 0.717) is 18.0 Å². The molecule has 0 amide bonds. The average Bonchev–Trinajstić information content (AvgIpc) is 3.09. The van der Waals surface area contributed by atoms with Crippen molar-refractivity contribution in [3.63, 3.8) is 0 Å². The predicted molar refractivity (Wildman–Crippen MR) is 76.6 cm³/mol. The SMILES string of the molecule is COc1ncccc1NC1CCCC1C1CCCN1. The van der Waals surface area contributed by atoms with Gasteiger partial charge >= 0.3 is 0 Å². The van der Waals surface area contributed by atoms with Crippen molar-refractivity contribution in [2.75, 3.05) is 19.0 Å². The van der Waals surface area contributed by atoms with Crippen LogP contribution >= 0.6 is 0 Å². The standard InChI is InChI=1S/C15H23N3O/c1-19-15-14(8-4-10-17-15)18-13-6-2-5-11(13)12-7-3-9-16-12/h4,8,10-13,16,18H,2-3,5-7,9H2,1H3. The first kappa shape index (κ1) is 12.7. The third-order valence-corrected chi connectivity index (χ3v) is 4.49. The lowest BCUT2D eigenvalue weighted by Gasteiger charge is -2.27. The van der Waals surface area contributed by atoms with Gasteiger partial charge in [0.15, 0.2) is 0 Å². The number of ether oxygens (including phenoxy) is 1. The molecule has 0 aromatic carbocycles. The maximum atomic E-state index is 5.33. The van der Waals surface area contributed by atoms with E-state index in [2.05, 4.69) is 21.7 Å². The van der Waals surface area contributed by atoms with Gasteiger partial charge in [-0.2, -0.15) is 0 Å². The monoisotopic (exact) mass is 261 g/mol. The molecule has 2 aliphatic rings. The van der Waals surface area contributed by atoms with Crippen LogP contribution in [0.1, 0.15) is 32.1 Å². The Balaban J connectivity index is 1.70. The fourth-order valence-corrected chi connectivity index (χ4v) is 3.59. The van der Waals surface area contributed by atoms with Crippen molar-refractivity contribution < 1.29 is 4.74 Å². The Bertz CT molecular complexity index is 418. The minimum atomic E-state index is 0.550. The fourth-order valence-electron chi connectivity index (χ4n) is 3.59. The van der Waals surface area contributed by atoms with Gasteiger partial charge in [-0.1, -0.05) is 6.42 Å². The van der Waals surface area contributed by atoms with Crippen LogP contribution in [-0.2, 0) is 0 Å². The van der Waals surface area contributed by atoms with E-state index in [9.17, 15) is 0 Å². The molecule has 1 aliphatic carbocycles. The van der Waals surface area contributed by atoms with Crippen LogP contribution in [-0.4, -0.2) is 30.7 Å². The van der Waals surface area contributed by atoms with Crippen LogP contribution in [0.3, 0.4) is 0 Å². The highest BCUT2D eigenvalue weighted by Gasteiger charge is 2.35. The van der Waals surface area contributed by atoms with Gasteiger partial charge in [0.2, 0.25) is 5.88 Å². The lowest BCUT2D eigenvalue weighted by Crippen LogP contribution is -2.38. The second kappa shape index (κ2) is 5.78. The highest BCUT2D eigenvalue weighted by atomic mass is 16.5. The van der Waals surface area contributed by atoms with Crippen LogP contribution in [0.4, 0.5) is 5.69 Å². The van der Waals surface area contributed by atoms with Gasteiger partial charge in [-0.25, -0.2) is 4.98 Å². The van der Waals surface area contributed by atoms with E-state index < -0.39 is 0 Å². The Labute approximate surface area is 115 Å². The summed E-state index contributed by atoms with van der Waals surface area (Å²) in [5, 5.41) is 7.32. The van der Waals surface area contributed by atoms with E-state index in [1.54, 1.807) is 13.3 Å². The molecule has 3 rings (SSSR count). The van der Waals surface area contributed by atoms with Gasteiger partial charge in [0.05, 0.1) is 12.8 Å². The van der Waals surface area contributed by atoms with Gasteiger partial charge in [0.25, 0.3) is 0 Å². The molecule has 104 valence electrons. The number of nitrogens with one attached hydrogen (secondary N) is 2. The van der Waals surface area contributed by atoms with Crippen molar-refractivity contribution in [1.82, 2.24) is 10.3 Å². The number of anilines is 1. The maximum absolute atomic E-state index is 5.33. The Morgan fingerprint density at radius 3 is 3.05 bits per heavy atom. The summed E-state index contributed by atoms with van der Waals surface area (Å²) < 4.78 is 5.33. The lowest BCUT2D eigenvalue weighted by molar-refractivity contribution is 0.372. The molecule has 2 N–H and O–H groups in total. The zero-order chi connectivity index (χ0) is 13.1. The molecule has 1 aliphatic heterocycles. The largest absolute Gasteiger partial charge is 0.480 e. The van der Waals surface area contributed by atoms with Crippen LogP contribution in [0, 0.1) is 5.92 Å². The first-order valence-corrected chi connectivity index (χ1v) is 7.37. The van der Waals surface area contributed by atoms with Gasteiger partial charge in [0, 0.05) is 18.3 Å². The molecule has 3 atom stereocenters. The number of rotatable bonds is 4. The Morgan fingerprint density at radius 2 is 2.26 bits per heavy atom. The van der Waals surface area contributed by atoms with Crippen molar-refractivity contribution in [2.24, 2.45) is 5.92 Å². The molecule has 4 heteroatoms. The number of pyridine rings is 1. The average molecular weight is 261 g/mol. The molecule has 19 heavy (non-hydrogen) atoms. The normalized spacial score (nSPS) is 30.5. The maximum Gasteiger partial charge on any atom is 0.237 e. The summed E-state index contributed by atoms with van der Waals surface area (Å²) in [6.07, 6.45) is 8.33. The molecule has 1 saturated carbocycles. The van der Waals surface area contributed by atoms with E-state index in [0.717, 1.165) is 11.6 Å². The molecule has 2 heterocycles. The minimum absolute atomic E-state index is 0.550. The van der Waals surface area contributed by atoms with Crippen LogP contribution in [0.2, 0.25) is 0 Å². The first-order valence-electron chi connectivity index (χ1n) is 7.37. The van der Waals surface area contributed by atoms with Gasteiger partial charge in [-0.15, -0.1) is 0 Å². The second-order valence-corrected chi connectivity index (χ2v) is 5.61. The predicted octanol–water partition coefficient (Wildman–Crippen LogP) is 2.42. The summed E-state index contributed by atoms with van der Waals surface area (Å²) in [5.74, 6) is 1.44. The topological polar surface area (TPSA) is 46.2 Å². The van der Waals surface area contributed by atoms with Gasteiger partial charge < -0.3 is 15.4 Å². The molecule has 4 nitrogen and oxygen atoms in total. The molecule has 1 aromatic heterocycles. The van der Waals surface area contributed by atoms with Crippen LogP contribution in [0.25, 0.3) is 0 Å². The van der Waals surface area contributed by atoms with Crippen molar-refractivity contribution in [1.29, 1.82) is 0 Å². The zero-order valence-electron chi connectivity index (χ0n) is 11.6. The Hall–Kier alpha value is -1.29. The van der Waals surface area contributed by atoms with E-state index in [1.807, 2.05) is 6.07 Å². The number of methoxy groups -OCH3 is 1. The lowest BCUT2D eigenvalue weighted by atomic mass is 9.93. The quantitative estimate of drug-likeness (QED) is 0.874.